The summed E-state index contributed by atoms with van der Waals surface area (Å²) in [6.45, 7) is 3.13. The molecule has 1 fully saturated rings. The van der Waals surface area contributed by atoms with E-state index >= 15 is 0 Å². The number of carbonyl (C=O) groups is 1. The third-order valence-electron chi connectivity index (χ3n) is 5.35. The minimum Gasteiger partial charge on any atom is -0.481 e. The highest BCUT2D eigenvalue weighted by atomic mass is 32.2. The van der Waals surface area contributed by atoms with E-state index in [1.807, 2.05) is 26.0 Å². The van der Waals surface area contributed by atoms with Crippen LogP contribution in [-0.2, 0) is 21.1 Å². The number of carboxylic acid groups (broad SMARTS) is 1. The first kappa shape index (κ1) is 18.6. The Balaban J connectivity index is 2.08. The fourth-order valence-electron chi connectivity index (χ4n) is 3.68. The van der Waals surface area contributed by atoms with Gasteiger partial charge in [0.15, 0.2) is 9.84 Å². The molecule has 2 N–H and O–H groups in total. The molecule has 0 spiro atoms. The maximum Gasteiger partial charge on any atom is 0.314 e. The average molecular weight is 374 g/mol. The normalized spacial score (nSPS) is 25.0. The minimum atomic E-state index is -3.90. The fourth-order valence-corrected chi connectivity index (χ4v) is 6.04. The smallest absolute Gasteiger partial charge is 0.314 e. The molecule has 0 heterocycles. The van der Waals surface area contributed by atoms with Gasteiger partial charge in [0.25, 0.3) is 0 Å². The van der Waals surface area contributed by atoms with Gasteiger partial charge in [0.05, 0.1) is 16.8 Å². The Morgan fingerprint density at radius 1 is 1.08 bits per heavy atom. The van der Waals surface area contributed by atoms with E-state index in [0.29, 0.717) is 5.56 Å². The average Bonchev–Trinajstić information content (AvgIpc) is 3.34. The van der Waals surface area contributed by atoms with Crippen molar-refractivity contribution in [1.29, 1.82) is 0 Å². The van der Waals surface area contributed by atoms with Crippen LogP contribution in [0.2, 0.25) is 0 Å². The number of aliphatic hydroxyl groups excluding tert-OH is 1. The van der Waals surface area contributed by atoms with E-state index in [2.05, 4.69) is 0 Å². The molecule has 0 unspecified atom stereocenters. The second kappa shape index (κ2) is 6.52. The SMILES string of the molecule is CCc1ccc([C@@H]2[C@H](S(=O)(=O)c3ccc(C)cc3)[C@]2(CO)C(=O)O)cc1. The van der Waals surface area contributed by atoms with Crippen molar-refractivity contribution in [2.45, 2.75) is 36.3 Å². The van der Waals surface area contributed by atoms with Gasteiger partial charge in [0.1, 0.15) is 5.41 Å². The van der Waals surface area contributed by atoms with Gasteiger partial charge in [-0.1, -0.05) is 48.9 Å². The summed E-state index contributed by atoms with van der Waals surface area (Å²) >= 11 is 0. The summed E-state index contributed by atoms with van der Waals surface area (Å²) in [6.07, 6.45) is 0.833. The second-order valence-corrected chi connectivity index (χ2v) is 8.92. The standard InChI is InChI=1S/C20H22O5S/c1-3-14-6-8-15(9-7-14)17-18(20(17,12-21)19(22)23)26(24,25)16-10-4-13(2)5-11-16/h4-11,17-18,21H,3,12H2,1-2H3,(H,22,23)/t17-,18+,20-/m1/s1. The van der Waals surface area contributed by atoms with Crippen molar-refractivity contribution in [3.05, 3.63) is 65.2 Å². The minimum absolute atomic E-state index is 0.0832. The number of benzene rings is 2. The zero-order valence-electron chi connectivity index (χ0n) is 14.7. The summed E-state index contributed by atoms with van der Waals surface area (Å²) in [5, 5.41) is 18.4. The maximum atomic E-state index is 13.1. The number of aliphatic hydroxyl groups is 1. The van der Waals surface area contributed by atoms with Gasteiger partial charge in [-0.05, 0) is 36.6 Å². The van der Waals surface area contributed by atoms with Crippen molar-refractivity contribution in [1.82, 2.24) is 0 Å². The Morgan fingerprint density at radius 3 is 2.12 bits per heavy atom. The van der Waals surface area contributed by atoms with E-state index in [9.17, 15) is 23.4 Å². The first-order valence-corrected chi connectivity index (χ1v) is 10.1. The van der Waals surface area contributed by atoms with Gasteiger partial charge in [0.2, 0.25) is 0 Å². The Kier molecular flexibility index (Phi) is 4.67. The Labute approximate surface area is 153 Å². The lowest BCUT2D eigenvalue weighted by Crippen LogP contribution is -2.27. The Morgan fingerprint density at radius 2 is 1.65 bits per heavy atom. The predicted molar refractivity (Wildman–Crippen MR) is 97.9 cm³/mol. The van der Waals surface area contributed by atoms with Crippen molar-refractivity contribution >= 4 is 15.8 Å². The molecular formula is C20H22O5S. The van der Waals surface area contributed by atoms with E-state index < -0.39 is 39.0 Å². The largest absolute Gasteiger partial charge is 0.481 e. The van der Waals surface area contributed by atoms with Crippen LogP contribution in [0.5, 0.6) is 0 Å². The molecule has 1 saturated carbocycles. The van der Waals surface area contributed by atoms with E-state index in [1.165, 1.54) is 12.1 Å². The lowest BCUT2D eigenvalue weighted by molar-refractivity contribution is -0.145. The monoisotopic (exact) mass is 374 g/mol. The van der Waals surface area contributed by atoms with Crippen LogP contribution in [0.1, 0.15) is 29.5 Å². The highest BCUT2D eigenvalue weighted by Gasteiger charge is 2.75. The Hall–Kier alpha value is -2.18. The molecule has 0 saturated heterocycles. The lowest BCUT2D eigenvalue weighted by Gasteiger charge is -2.10. The third kappa shape index (κ3) is 2.73. The molecule has 0 aliphatic heterocycles. The van der Waals surface area contributed by atoms with E-state index in [4.69, 9.17) is 0 Å². The van der Waals surface area contributed by atoms with Crippen LogP contribution >= 0.6 is 0 Å². The number of rotatable bonds is 6. The van der Waals surface area contributed by atoms with Gasteiger partial charge < -0.3 is 10.2 Å². The van der Waals surface area contributed by atoms with Gasteiger partial charge in [-0.25, -0.2) is 8.42 Å². The van der Waals surface area contributed by atoms with Gasteiger partial charge in [-0.3, -0.25) is 4.79 Å². The molecular weight excluding hydrogens is 352 g/mol. The zero-order valence-corrected chi connectivity index (χ0v) is 15.5. The summed E-state index contributed by atoms with van der Waals surface area (Å²) < 4.78 is 26.2. The fraction of sp³-hybridized carbons (Fsp3) is 0.350. The topological polar surface area (TPSA) is 91.7 Å². The molecule has 6 heteroatoms. The molecule has 0 amide bonds. The molecule has 3 atom stereocenters. The maximum absolute atomic E-state index is 13.1. The van der Waals surface area contributed by atoms with Crippen LogP contribution in [0.3, 0.4) is 0 Å². The number of aryl methyl sites for hydroxylation is 2. The molecule has 0 aromatic heterocycles. The molecule has 0 radical (unpaired) electrons. The third-order valence-corrected chi connectivity index (χ3v) is 7.64. The number of hydrogen-bond acceptors (Lipinski definition) is 4. The first-order valence-electron chi connectivity index (χ1n) is 8.52. The van der Waals surface area contributed by atoms with E-state index in [-0.39, 0.29) is 4.90 Å². The van der Waals surface area contributed by atoms with Crippen LogP contribution in [0, 0.1) is 12.3 Å². The quantitative estimate of drug-likeness (QED) is 0.811. The van der Waals surface area contributed by atoms with Crippen molar-refractivity contribution in [3.63, 3.8) is 0 Å². The van der Waals surface area contributed by atoms with Crippen LogP contribution in [0.25, 0.3) is 0 Å². The van der Waals surface area contributed by atoms with Gasteiger partial charge >= 0.3 is 5.97 Å². The number of aliphatic carboxylic acids is 1. The van der Waals surface area contributed by atoms with Gasteiger partial charge in [-0.2, -0.15) is 0 Å². The summed E-state index contributed by atoms with van der Waals surface area (Å²) in [4.78, 5) is 12.0. The molecule has 5 nitrogen and oxygen atoms in total. The van der Waals surface area contributed by atoms with Crippen LogP contribution in [-0.4, -0.2) is 36.5 Å². The molecule has 0 bridgehead atoms. The van der Waals surface area contributed by atoms with Crippen LogP contribution in [0.4, 0.5) is 0 Å². The van der Waals surface area contributed by atoms with Crippen molar-refractivity contribution in [2.75, 3.05) is 6.61 Å². The number of sulfone groups is 1. The predicted octanol–water partition coefficient (Wildman–Crippen LogP) is 2.56. The number of carboxylic acids is 1. The van der Waals surface area contributed by atoms with Crippen molar-refractivity contribution in [2.24, 2.45) is 5.41 Å². The first-order chi connectivity index (χ1) is 12.3. The van der Waals surface area contributed by atoms with E-state index in [0.717, 1.165) is 17.5 Å². The zero-order chi connectivity index (χ0) is 19.1. The summed E-state index contributed by atoms with van der Waals surface area (Å²) in [6, 6.07) is 13.6. The second-order valence-electron chi connectivity index (χ2n) is 6.86. The molecule has 2 aromatic carbocycles. The molecule has 138 valence electrons. The molecule has 1 aliphatic rings. The Bertz CT molecular complexity index is 916. The van der Waals surface area contributed by atoms with E-state index in [1.54, 1.807) is 24.3 Å². The summed E-state index contributed by atoms with van der Waals surface area (Å²) in [5.74, 6) is -2.06. The lowest BCUT2D eigenvalue weighted by atomic mass is 9.99. The summed E-state index contributed by atoms with van der Waals surface area (Å²) in [7, 11) is -3.90. The molecule has 3 rings (SSSR count). The highest BCUT2D eigenvalue weighted by Crippen LogP contribution is 2.64. The van der Waals surface area contributed by atoms with Gasteiger partial charge in [0, 0.05) is 5.92 Å². The highest BCUT2D eigenvalue weighted by molar-refractivity contribution is 7.92. The molecule has 1 aliphatic carbocycles. The number of hydrogen-bond donors (Lipinski definition) is 2. The van der Waals surface area contributed by atoms with Crippen molar-refractivity contribution < 1.29 is 23.4 Å². The van der Waals surface area contributed by atoms with Crippen molar-refractivity contribution in [3.8, 4) is 0 Å². The summed E-state index contributed by atoms with van der Waals surface area (Å²) in [5.41, 5.74) is 0.909. The molecule has 2 aromatic rings. The molecule has 26 heavy (non-hydrogen) atoms. The van der Waals surface area contributed by atoms with Crippen LogP contribution in [0.15, 0.2) is 53.4 Å². The van der Waals surface area contributed by atoms with Gasteiger partial charge in [-0.15, -0.1) is 0 Å². The van der Waals surface area contributed by atoms with Crippen LogP contribution < -0.4 is 0 Å².